The Kier molecular flexibility index (Phi) is 3.67. The molecule has 4 nitrogen and oxygen atoms in total. The Labute approximate surface area is 117 Å². The average molecular weight is 271 g/mol. The number of rotatable bonds is 3. The largest absolute Gasteiger partial charge is 0.480 e. The summed E-state index contributed by atoms with van der Waals surface area (Å²) in [4.78, 5) is 13.7. The van der Waals surface area contributed by atoms with E-state index in [9.17, 15) is 9.90 Å². The number of carboxylic acid groups (broad SMARTS) is 1. The summed E-state index contributed by atoms with van der Waals surface area (Å²) in [6.45, 7) is 2.50. The van der Waals surface area contributed by atoms with Gasteiger partial charge in [0, 0.05) is 13.1 Å². The molecule has 4 heteroatoms. The molecule has 1 saturated heterocycles. The predicted octanol–water partition coefficient (Wildman–Crippen LogP) is 2.25. The quantitative estimate of drug-likeness (QED) is 0.930. The Morgan fingerprint density at radius 1 is 1.10 bits per heavy atom. The lowest BCUT2D eigenvalue weighted by Crippen LogP contribution is -2.42. The van der Waals surface area contributed by atoms with E-state index < -0.39 is 12.0 Å². The van der Waals surface area contributed by atoms with Crippen LogP contribution in [0.2, 0.25) is 0 Å². The second-order valence-electron chi connectivity index (χ2n) is 4.96. The van der Waals surface area contributed by atoms with Gasteiger partial charge in [0.25, 0.3) is 0 Å². The van der Waals surface area contributed by atoms with Gasteiger partial charge in [0.2, 0.25) is 0 Å². The molecule has 0 bridgehead atoms. The fraction of sp³-hybridized carbons (Fsp3) is 0.312. The van der Waals surface area contributed by atoms with Crippen molar-refractivity contribution < 1.29 is 14.6 Å². The molecule has 0 aromatic heterocycles. The van der Waals surface area contributed by atoms with Crippen LogP contribution < -0.4 is 0 Å². The van der Waals surface area contributed by atoms with Crippen LogP contribution >= 0.6 is 0 Å². The van der Waals surface area contributed by atoms with E-state index in [4.69, 9.17) is 4.74 Å². The highest BCUT2D eigenvalue weighted by Crippen LogP contribution is 2.34. The van der Waals surface area contributed by atoms with Crippen LogP contribution in [0.25, 0.3) is 11.1 Å². The van der Waals surface area contributed by atoms with Gasteiger partial charge in [-0.2, -0.15) is 0 Å². The number of ether oxygens (including phenoxy) is 1. The maximum atomic E-state index is 11.7. The molecule has 1 atom stereocenters. The second-order valence-corrected chi connectivity index (χ2v) is 4.96. The number of hydrogen-bond acceptors (Lipinski definition) is 3. The third-order valence-corrected chi connectivity index (χ3v) is 3.76. The zero-order valence-corrected chi connectivity index (χ0v) is 11.2. The fourth-order valence-corrected chi connectivity index (χ4v) is 2.80. The Balaban J connectivity index is 2.00. The highest BCUT2D eigenvalue weighted by molar-refractivity contribution is 5.82. The van der Waals surface area contributed by atoms with Gasteiger partial charge in [0.1, 0.15) is 6.04 Å². The van der Waals surface area contributed by atoms with Gasteiger partial charge in [0.05, 0.1) is 13.2 Å². The Morgan fingerprint density at radius 3 is 2.60 bits per heavy atom. The Morgan fingerprint density at radius 2 is 1.85 bits per heavy atom. The van der Waals surface area contributed by atoms with Crippen LogP contribution in [0.3, 0.4) is 0 Å². The van der Waals surface area contributed by atoms with Crippen LogP contribution in [0, 0.1) is 0 Å². The number of carbonyl (C=O) groups is 1. The van der Waals surface area contributed by atoms with E-state index in [-0.39, 0.29) is 0 Å². The summed E-state index contributed by atoms with van der Waals surface area (Å²) in [5.74, 6) is -0.800. The van der Waals surface area contributed by atoms with Gasteiger partial charge < -0.3 is 9.84 Å². The van der Waals surface area contributed by atoms with Crippen molar-refractivity contribution in [1.82, 2.24) is 4.90 Å². The van der Waals surface area contributed by atoms with E-state index >= 15 is 0 Å². The first-order chi connectivity index (χ1) is 9.77. The molecule has 3 rings (SSSR count). The molecule has 2 aliphatic carbocycles. The molecule has 0 aromatic rings. The highest BCUT2D eigenvalue weighted by Gasteiger charge is 2.31. The van der Waals surface area contributed by atoms with Crippen molar-refractivity contribution in [2.45, 2.75) is 6.04 Å². The molecule has 0 spiro atoms. The first kappa shape index (κ1) is 13.1. The van der Waals surface area contributed by atoms with Crippen LogP contribution in [-0.4, -0.2) is 42.3 Å². The van der Waals surface area contributed by atoms with Crippen LogP contribution in [-0.2, 0) is 9.53 Å². The molecule has 20 heavy (non-hydrogen) atoms. The number of nitrogens with zero attached hydrogens (tertiary/aromatic N) is 1. The maximum Gasteiger partial charge on any atom is 0.325 e. The summed E-state index contributed by atoms with van der Waals surface area (Å²) in [7, 11) is 0. The molecular weight excluding hydrogens is 254 g/mol. The van der Waals surface area contributed by atoms with Gasteiger partial charge in [-0.25, -0.2) is 0 Å². The molecule has 104 valence electrons. The molecule has 0 aromatic carbocycles. The summed E-state index contributed by atoms with van der Waals surface area (Å²) < 4.78 is 5.31. The van der Waals surface area contributed by atoms with Gasteiger partial charge in [-0.05, 0) is 16.7 Å². The summed E-state index contributed by atoms with van der Waals surface area (Å²) >= 11 is 0. The predicted molar refractivity (Wildman–Crippen MR) is 75.8 cm³/mol. The van der Waals surface area contributed by atoms with Gasteiger partial charge in [0.15, 0.2) is 0 Å². The molecule has 0 saturated carbocycles. The number of hydrogen-bond donors (Lipinski definition) is 1. The van der Waals surface area contributed by atoms with E-state index in [1.165, 1.54) is 0 Å². The van der Waals surface area contributed by atoms with Crippen molar-refractivity contribution in [3.63, 3.8) is 0 Å². The van der Waals surface area contributed by atoms with Crippen molar-refractivity contribution in [3.8, 4) is 11.1 Å². The van der Waals surface area contributed by atoms with Crippen molar-refractivity contribution in [3.05, 3.63) is 48.0 Å². The summed E-state index contributed by atoms with van der Waals surface area (Å²) in [5.41, 5.74) is 2.95. The minimum Gasteiger partial charge on any atom is -0.480 e. The smallest absolute Gasteiger partial charge is 0.325 e. The molecule has 0 amide bonds. The summed E-state index contributed by atoms with van der Waals surface area (Å²) in [6, 6.07) is 13.2. The second kappa shape index (κ2) is 5.61. The van der Waals surface area contributed by atoms with E-state index in [1.807, 2.05) is 47.4 Å². The van der Waals surface area contributed by atoms with E-state index in [0.717, 1.165) is 16.7 Å². The molecule has 3 aliphatic rings. The topological polar surface area (TPSA) is 49.8 Å². The molecule has 1 N–H and O–H groups in total. The third kappa shape index (κ3) is 2.40. The zero-order valence-electron chi connectivity index (χ0n) is 11.2. The van der Waals surface area contributed by atoms with Crippen LogP contribution in [0.1, 0.15) is 11.6 Å². The number of morpholine rings is 1. The van der Waals surface area contributed by atoms with Crippen molar-refractivity contribution in [2.75, 3.05) is 26.3 Å². The number of carboxylic acids is 1. The summed E-state index contributed by atoms with van der Waals surface area (Å²) in [5, 5.41) is 9.64. The van der Waals surface area contributed by atoms with Crippen LogP contribution in [0.5, 0.6) is 0 Å². The number of fused-ring (bicyclic) bond motifs is 1. The third-order valence-electron chi connectivity index (χ3n) is 3.76. The van der Waals surface area contributed by atoms with Gasteiger partial charge >= 0.3 is 5.97 Å². The molecule has 1 heterocycles. The maximum absolute atomic E-state index is 11.7. The molecule has 1 aliphatic heterocycles. The standard InChI is InChI=1S/C16H17NO3/c18-16(19)15(17-8-10-20-11-9-17)14-7-6-12-4-2-1-3-5-13(12)14/h1-7,15H,8-11H2,(H,18,19). The first-order valence-corrected chi connectivity index (χ1v) is 6.79. The van der Waals surface area contributed by atoms with Crippen LogP contribution in [0.15, 0.2) is 42.5 Å². The van der Waals surface area contributed by atoms with E-state index in [2.05, 4.69) is 0 Å². The Hall–Kier alpha value is -1.91. The van der Waals surface area contributed by atoms with E-state index in [1.54, 1.807) is 0 Å². The lowest BCUT2D eigenvalue weighted by atomic mass is 10.0. The number of aliphatic carboxylic acids is 1. The highest BCUT2D eigenvalue weighted by atomic mass is 16.5. The lowest BCUT2D eigenvalue weighted by Gasteiger charge is -2.32. The van der Waals surface area contributed by atoms with Crippen molar-refractivity contribution in [2.24, 2.45) is 0 Å². The average Bonchev–Trinajstić information content (AvgIpc) is 2.70. The first-order valence-electron chi connectivity index (χ1n) is 6.79. The molecule has 0 radical (unpaired) electrons. The Bertz CT molecular complexity index is 578. The zero-order chi connectivity index (χ0) is 13.9. The minimum atomic E-state index is -0.800. The van der Waals surface area contributed by atoms with Gasteiger partial charge in [-0.1, -0.05) is 42.5 Å². The van der Waals surface area contributed by atoms with Crippen LogP contribution in [0.4, 0.5) is 0 Å². The van der Waals surface area contributed by atoms with Gasteiger partial charge in [-0.15, -0.1) is 0 Å². The van der Waals surface area contributed by atoms with E-state index in [0.29, 0.717) is 26.3 Å². The van der Waals surface area contributed by atoms with Crippen molar-refractivity contribution >= 4 is 5.97 Å². The lowest BCUT2D eigenvalue weighted by molar-refractivity contribution is -0.145. The summed E-state index contributed by atoms with van der Waals surface area (Å²) in [6.07, 6.45) is 0. The monoisotopic (exact) mass is 271 g/mol. The normalized spacial score (nSPS) is 18.0. The SMILES string of the molecule is O=C(O)C(c1ccc2cccccc1-2)N1CCOCC1. The fourth-order valence-electron chi connectivity index (χ4n) is 2.80. The van der Waals surface area contributed by atoms with Crippen molar-refractivity contribution in [1.29, 1.82) is 0 Å². The molecular formula is C16H17NO3. The van der Waals surface area contributed by atoms with Gasteiger partial charge in [-0.3, -0.25) is 9.69 Å². The molecule has 1 unspecified atom stereocenters. The molecule has 1 fully saturated rings. The minimum absolute atomic E-state index is 0.593.